The lowest BCUT2D eigenvalue weighted by Gasteiger charge is -2.39. The number of amides is 1. The summed E-state index contributed by atoms with van der Waals surface area (Å²) in [6.07, 6.45) is -4.69. The van der Waals surface area contributed by atoms with Crippen molar-refractivity contribution in [2.24, 2.45) is 5.41 Å². The van der Waals surface area contributed by atoms with Crippen LogP contribution in [0.15, 0.2) is 18.2 Å². The van der Waals surface area contributed by atoms with Gasteiger partial charge in [-0.05, 0) is 6.07 Å². The second kappa shape index (κ2) is 6.53. The van der Waals surface area contributed by atoms with E-state index in [1.807, 2.05) is 0 Å². The van der Waals surface area contributed by atoms with Crippen molar-refractivity contribution in [3.05, 3.63) is 33.9 Å². The molecule has 6 nitrogen and oxygen atoms in total. The summed E-state index contributed by atoms with van der Waals surface area (Å²) in [7, 11) is 0. The van der Waals surface area contributed by atoms with Gasteiger partial charge in [0.1, 0.15) is 0 Å². The van der Waals surface area contributed by atoms with Crippen LogP contribution in [0.25, 0.3) is 0 Å². The van der Waals surface area contributed by atoms with Crippen LogP contribution in [-0.2, 0) is 11.0 Å². The molecule has 1 fully saturated rings. The number of rotatable bonds is 2. The molecule has 1 aromatic rings. The largest absolute Gasteiger partial charge is 0.418 e. The van der Waals surface area contributed by atoms with E-state index in [-0.39, 0.29) is 24.7 Å². The van der Waals surface area contributed by atoms with E-state index in [2.05, 4.69) is 0 Å². The third-order valence-electron chi connectivity index (χ3n) is 4.05. The molecular weight excluding hydrogens is 339 g/mol. The predicted octanol–water partition coefficient (Wildman–Crippen LogP) is 3.31. The molecule has 138 valence electrons. The van der Waals surface area contributed by atoms with Crippen LogP contribution in [0.4, 0.5) is 24.5 Å². The van der Waals surface area contributed by atoms with Gasteiger partial charge in [-0.25, -0.2) is 0 Å². The number of hydrogen-bond acceptors (Lipinski definition) is 4. The number of halogens is 3. The molecule has 9 heteroatoms. The van der Waals surface area contributed by atoms with Crippen molar-refractivity contribution in [2.75, 3.05) is 31.1 Å². The van der Waals surface area contributed by atoms with Crippen molar-refractivity contribution in [1.29, 1.82) is 0 Å². The molecule has 1 saturated heterocycles. The number of nitro benzene ring substituents is 1. The summed E-state index contributed by atoms with van der Waals surface area (Å²) in [5.41, 5.74) is -2.27. The van der Waals surface area contributed by atoms with Crippen molar-refractivity contribution in [1.82, 2.24) is 4.90 Å². The van der Waals surface area contributed by atoms with E-state index in [0.29, 0.717) is 19.2 Å². The van der Waals surface area contributed by atoms with Crippen molar-refractivity contribution >= 4 is 17.3 Å². The number of nitrogens with zero attached hydrogens (tertiary/aromatic N) is 3. The summed E-state index contributed by atoms with van der Waals surface area (Å²) in [6.45, 7) is 6.47. The fourth-order valence-electron chi connectivity index (χ4n) is 2.77. The van der Waals surface area contributed by atoms with E-state index in [9.17, 15) is 28.1 Å². The molecule has 1 aliphatic heterocycles. The highest BCUT2D eigenvalue weighted by Crippen LogP contribution is 2.39. The van der Waals surface area contributed by atoms with Crippen LogP contribution in [0.3, 0.4) is 0 Å². The van der Waals surface area contributed by atoms with E-state index in [0.717, 1.165) is 12.1 Å². The molecule has 0 aromatic heterocycles. The van der Waals surface area contributed by atoms with Gasteiger partial charge in [0.15, 0.2) is 0 Å². The molecule has 0 unspecified atom stereocenters. The standard InChI is InChI=1S/C16H20F3N3O3/c1-15(2,3)14(23)21-8-6-20(7-9-21)13-5-4-11(22(24)25)10-12(13)16(17,18)19/h4-5,10H,6-9H2,1-3H3. The maximum absolute atomic E-state index is 13.3. The minimum Gasteiger partial charge on any atom is -0.367 e. The molecule has 0 radical (unpaired) electrons. The molecule has 2 rings (SSSR count). The Morgan fingerprint density at radius 1 is 1.12 bits per heavy atom. The second-order valence-corrected chi connectivity index (χ2v) is 6.99. The molecule has 0 spiro atoms. The zero-order valence-corrected chi connectivity index (χ0v) is 14.3. The smallest absolute Gasteiger partial charge is 0.367 e. The molecule has 1 heterocycles. The Hall–Kier alpha value is -2.32. The van der Waals surface area contributed by atoms with Gasteiger partial charge in [-0.15, -0.1) is 0 Å². The van der Waals surface area contributed by atoms with Crippen LogP contribution >= 0.6 is 0 Å². The number of alkyl halides is 3. The Bertz CT molecular complexity index is 675. The number of carbonyl (C=O) groups is 1. The van der Waals surface area contributed by atoms with Gasteiger partial charge < -0.3 is 9.80 Å². The third kappa shape index (κ3) is 4.21. The third-order valence-corrected chi connectivity index (χ3v) is 4.05. The van der Waals surface area contributed by atoms with Gasteiger partial charge >= 0.3 is 6.18 Å². The van der Waals surface area contributed by atoms with Gasteiger partial charge in [-0.1, -0.05) is 20.8 Å². The van der Waals surface area contributed by atoms with Gasteiger partial charge in [-0.3, -0.25) is 14.9 Å². The van der Waals surface area contributed by atoms with Crippen molar-refractivity contribution in [3.8, 4) is 0 Å². The average Bonchev–Trinajstić information content (AvgIpc) is 2.52. The van der Waals surface area contributed by atoms with E-state index < -0.39 is 27.8 Å². The fraction of sp³-hybridized carbons (Fsp3) is 0.562. The lowest BCUT2D eigenvalue weighted by atomic mass is 9.94. The number of piperazine rings is 1. The van der Waals surface area contributed by atoms with Crippen LogP contribution in [0.1, 0.15) is 26.3 Å². The van der Waals surface area contributed by atoms with E-state index in [1.54, 1.807) is 25.7 Å². The molecular formula is C16H20F3N3O3. The predicted molar refractivity (Wildman–Crippen MR) is 86.3 cm³/mol. The SMILES string of the molecule is CC(C)(C)C(=O)N1CCN(c2ccc([N+](=O)[O-])cc2C(F)(F)F)CC1. The maximum Gasteiger partial charge on any atom is 0.418 e. The molecule has 1 aliphatic rings. The lowest BCUT2D eigenvalue weighted by molar-refractivity contribution is -0.385. The van der Waals surface area contributed by atoms with Gasteiger partial charge in [0.25, 0.3) is 5.69 Å². The molecule has 0 N–H and O–H groups in total. The normalized spacial score (nSPS) is 16.1. The lowest BCUT2D eigenvalue weighted by Crippen LogP contribution is -2.52. The van der Waals surface area contributed by atoms with Crippen LogP contribution in [0.2, 0.25) is 0 Å². The summed E-state index contributed by atoms with van der Waals surface area (Å²) < 4.78 is 39.9. The molecule has 1 amide bonds. The first kappa shape index (κ1) is 19.0. The summed E-state index contributed by atoms with van der Waals surface area (Å²) in [5, 5.41) is 10.8. The number of non-ortho nitro benzene ring substituents is 1. The topological polar surface area (TPSA) is 66.7 Å². The van der Waals surface area contributed by atoms with Crippen molar-refractivity contribution in [3.63, 3.8) is 0 Å². The highest BCUT2D eigenvalue weighted by atomic mass is 19.4. The van der Waals surface area contributed by atoms with Crippen LogP contribution < -0.4 is 4.90 Å². The van der Waals surface area contributed by atoms with Gasteiger partial charge in [0.2, 0.25) is 5.91 Å². The minimum atomic E-state index is -4.69. The molecule has 0 bridgehead atoms. The number of benzene rings is 1. The van der Waals surface area contributed by atoms with Gasteiger partial charge in [0, 0.05) is 49.4 Å². The number of anilines is 1. The summed E-state index contributed by atoms with van der Waals surface area (Å²) in [4.78, 5) is 25.3. The summed E-state index contributed by atoms with van der Waals surface area (Å²) >= 11 is 0. The monoisotopic (exact) mass is 359 g/mol. The highest BCUT2D eigenvalue weighted by molar-refractivity contribution is 5.81. The Morgan fingerprint density at radius 3 is 2.12 bits per heavy atom. The van der Waals surface area contributed by atoms with E-state index >= 15 is 0 Å². The first-order chi connectivity index (χ1) is 11.4. The highest BCUT2D eigenvalue weighted by Gasteiger charge is 2.38. The molecule has 0 atom stereocenters. The summed E-state index contributed by atoms with van der Waals surface area (Å²) in [5.74, 6) is -0.0492. The summed E-state index contributed by atoms with van der Waals surface area (Å²) in [6, 6.07) is 2.75. The number of nitro groups is 1. The van der Waals surface area contributed by atoms with E-state index in [1.165, 1.54) is 4.90 Å². The van der Waals surface area contributed by atoms with Crippen molar-refractivity contribution < 1.29 is 22.9 Å². The van der Waals surface area contributed by atoms with Crippen LogP contribution in [0, 0.1) is 15.5 Å². The maximum atomic E-state index is 13.3. The molecule has 25 heavy (non-hydrogen) atoms. The minimum absolute atomic E-state index is 0.0492. The number of carbonyl (C=O) groups excluding carboxylic acids is 1. The fourth-order valence-corrected chi connectivity index (χ4v) is 2.77. The first-order valence-electron chi connectivity index (χ1n) is 7.81. The average molecular weight is 359 g/mol. The van der Waals surface area contributed by atoms with Crippen LogP contribution in [-0.4, -0.2) is 41.9 Å². The van der Waals surface area contributed by atoms with Crippen molar-refractivity contribution in [2.45, 2.75) is 26.9 Å². The van der Waals surface area contributed by atoms with Gasteiger partial charge in [0.05, 0.1) is 10.5 Å². The zero-order chi connectivity index (χ0) is 19.0. The Balaban J connectivity index is 2.23. The first-order valence-corrected chi connectivity index (χ1v) is 7.81. The van der Waals surface area contributed by atoms with E-state index in [4.69, 9.17) is 0 Å². The number of hydrogen-bond donors (Lipinski definition) is 0. The molecule has 0 saturated carbocycles. The Labute approximate surface area is 143 Å². The molecule has 0 aliphatic carbocycles. The zero-order valence-electron chi connectivity index (χ0n) is 14.3. The Kier molecular flexibility index (Phi) is 4.97. The Morgan fingerprint density at radius 2 is 1.68 bits per heavy atom. The quantitative estimate of drug-likeness (QED) is 0.600. The molecule has 1 aromatic carbocycles. The van der Waals surface area contributed by atoms with Gasteiger partial charge in [-0.2, -0.15) is 13.2 Å². The van der Waals surface area contributed by atoms with Crippen LogP contribution in [0.5, 0.6) is 0 Å². The second-order valence-electron chi connectivity index (χ2n) is 6.99.